The summed E-state index contributed by atoms with van der Waals surface area (Å²) in [6.07, 6.45) is -0.443. The van der Waals surface area contributed by atoms with Crippen molar-refractivity contribution in [1.82, 2.24) is 15.4 Å². The summed E-state index contributed by atoms with van der Waals surface area (Å²) in [5.41, 5.74) is 4.21. The van der Waals surface area contributed by atoms with Crippen molar-refractivity contribution in [3.05, 3.63) is 82.9 Å². The zero-order valence-corrected chi connectivity index (χ0v) is 25.2. The number of benzene rings is 2. The number of rotatable bonds is 10. The summed E-state index contributed by atoms with van der Waals surface area (Å²) in [7, 11) is 0. The quantitative estimate of drug-likeness (QED) is 0.260. The minimum Gasteiger partial charge on any atom is -0.484 e. The highest BCUT2D eigenvalue weighted by Crippen LogP contribution is 2.33. The molecule has 0 saturated carbocycles. The average Bonchev–Trinajstić information content (AvgIpc) is 2.99. The molecule has 0 unspecified atom stereocenters. The number of halogens is 2. The third-order valence-electron chi connectivity index (χ3n) is 7.48. The number of ether oxygens (including phenoxy) is 1. The summed E-state index contributed by atoms with van der Waals surface area (Å²) in [6.45, 7) is 9.88. The number of amides is 1. The number of nitrogens with zero attached hydrogens (tertiary/aromatic N) is 3. The van der Waals surface area contributed by atoms with Gasteiger partial charge in [0.25, 0.3) is 6.43 Å². The lowest BCUT2D eigenvalue weighted by Crippen LogP contribution is -2.34. The molecule has 1 amide bonds. The molecular weight excluding hydrogens is 554 g/mol. The summed E-state index contributed by atoms with van der Waals surface area (Å²) >= 11 is 0. The van der Waals surface area contributed by atoms with Gasteiger partial charge in [0.15, 0.2) is 17.1 Å². The highest BCUT2D eigenvalue weighted by Gasteiger charge is 2.29. The fourth-order valence-electron chi connectivity index (χ4n) is 5.01. The second-order valence-corrected chi connectivity index (χ2v) is 11.9. The molecule has 1 N–H and O–H groups in total. The Morgan fingerprint density at radius 2 is 1.70 bits per heavy atom. The first-order valence-electron chi connectivity index (χ1n) is 14.8. The maximum atomic E-state index is 14.3. The Kier molecular flexibility index (Phi) is 10.7. The monoisotopic (exact) mass is 594 g/mol. The molecule has 2 heterocycles. The first-order chi connectivity index (χ1) is 20.5. The summed E-state index contributed by atoms with van der Waals surface area (Å²) in [4.78, 5) is 40.6. The summed E-state index contributed by atoms with van der Waals surface area (Å²) < 4.78 is 34.3. The van der Waals surface area contributed by atoms with Gasteiger partial charge in [-0.25, -0.2) is 23.5 Å². The van der Waals surface area contributed by atoms with Crippen LogP contribution in [0.3, 0.4) is 0 Å². The molecule has 1 aliphatic heterocycles. The van der Waals surface area contributed by atoms with Crippen molar-refractivity contribution in [3.63, 3.8) is 0 Å². The van der Waals surface area contributed by atoms with Gasteiger partial charge in [0.05, 0.1) is 0 Å². The molecular formula is C33H40F2N4O4. The zero-order chi connectivity index (χ0) is 31.0. The second-order valence-electron chi connectivity index (χ2n) is 11.9. The first-order valence-corrected chi connectivity index (χ1v) is 14.8. The van der Waals surface area contributed by atoms with Crippen LogP contribution in [0.25, 0.3) is 0 Å². The van der Waals surface area contributed by atoms with Crippen LogP contribution in [0.2, 0.25) is 0 Å². The third kappa shape index (κ3) is 8.72. The van der Waals surface area contributed by atoms with E-state index < -0.39 is 35.4 Å². The molecule has 0 aliphatic carbocycles. The summed E-state index contributed by atoms with van der Waals surface area (Å²) in [5.74, 6) is -1.76. The molecule has 2 aromatic carbocycles. The van der Waals surface area contributed by atoms with E-state index in [0.717, 1.165) is 31.6 Å². The highest BCUT2D eigenvalue weighted by atomic mass is 19.3. The zero-order valence-electron chi connectivity index (χ0n) is 25.2. The van der Waals surface area contributed by atoms with Crippen molar-refractivity contribution >= 4 is 17.6 Å². The van der Waals surface area contributed by atoms with Crippen LogP contribution in [0.4, 0.5) is 14.5 Å². The normalized spacial score (nSPS) is 14.1. The summed E-state index contributed by atoms with van der Waals surface area (Å²) in [5, 5.41) is 0. The van der Waals surface area contributed by atoms with Gasteiger partial charge in [-0.3, -0.25) is 4.79 Å². The van der Waals surface area contributed by atoms with E-state index in [1.165, 1.54) is 5.56 Å². The van der Waals surface area contributed by atoms with Gasteiger partial charge < -0.3 is 14.5 Å². The molecule has 1 aliphatic rings. The standard InChI is InChI=1S/C33H40F2N4O4/c1-5-9-27(40)43-38-32(41)29-30(42-21-23-10-7-6-8-11-23)28(31(34)35)36-26(37-29)20-22-16-18-39(19-17-22)25-14-12-24(13-15-25)33(2,3)4/h6-8,10-15,22,31H,5,9,16-21H2,1-4H3,(H,38,41). The average molecular weight is 595 g/mol. The minimum atomic E-state index is -3.01. The maximum Gasteiger partial charge on any atom is 0.332 e. The van der Waals surface area contributed by atoms with Crippen LogP contribution >= 0.6 is 0 Å². The van der Waals surface area contributed by atoms with Crippen molar-refractivity contribution < 1.29 is 27.9 Å². The van der Waals surface area contributed by atoms with E-state index in [1.54, 1.807) is 31.2 Å². The lowest BCUT2D eigenvalue weighted by molar-refractivity contribution is -0.149. The van der Waals surface area contributed by atoms with Gasteiger partial charge in [0.1, 0.15) is 12.4 Å². The number of alkyl halides is 2. The van der Waals surface area contributed by atoms with Gasteiger partial charge in [-0.2, -0.15) is 5.48 Å². The van der Waals surface area contributed by atoms with Crippen LogP contribution in [-0.4, -0.2) is 34.9 Å². The van der Waals surface area contributed by atoms with E-state index in [9.17, 15) is 18.4 Å². The Bertz CT molecular complexity index is 1370. The van der Waals surface area contributed by atoms with Crippen LogP contribution in [-0.2, 0) is 28.1 Å². The van der Waals surface area contributed by atoms with E-state index in [-0.39, 0.29) is 30.2 Å². The smallest absolute Gasteiger partial charge is 0.332 e. The highest BCUT2D eigenvalue weighted by molar-refractivity contribution is 5.95. The molecule has 1 saturated heterocycles. The van der Waals surface area contributed by atoms with Gasteiger partial charge in [-0.15, -0.1) is 0 Å². The largest absolute Gasteiger partial charge is 0.484 e. The maximum absolute atomic E-state index is 14.3. The lowest BCUT2D eigenvalue weighted by Gasteiger charge is -2.34. The van der Waals surface area contributed by atoms with E-state index >= 15 is 0 Å². The van der Waals surface area contributed by atoms with Crippen LogP contribution in [0, 0.1) is 5.92 Å². The van der Waals surface area contributed by atoms with Crippen molar-refractivity contribution in [3.8, 4) is 5.75 Å². The van der Waals surface area contributed by atoms with Crippen LogP contribution in [0.5, 0.6) is 5.75 Å². The van der Waals surface area contributed by atoms with Crippen molar-refractivity contribution in [2.24, 2.45) is 5.92 Å². The van der Waals surface area contributed by atoms with Gasteiger partial charge in [-0.05, 0) is 53.9 Å². The minimum absolute atomic E-state index is 0.0750. The number of carbonyl (C=O) groups is 2. The number of hydrogen-bond donors (Lipinski definition) is 1. The van der Waals surface area contributed by atoms with E-state index in [2.05, 4.69) is 59.9 Å². The number of anilines is 1. The topological polar surface area (TPSA) is 93.6 Å². The Labute approximate surface area is 251 Å². The fraction of sp³-hybridized carbons (Fsp3) is 0.455. The van der Waals surface area contributed by atoms with Gasteiger partial charge in [-0.1, -0.05) is 70.2 Å². The Hall–Kier alpha value is -4.08. The third-order valence-corrected chi connectivity index (χ3v) is 7.48. The molecule has 0 radical (unpaired) electrons. The summed E-state index contributed by atoms with van der Waals surface area (Å²) in [6, 6.07) is 17.6. The van der Waals surface area contributed by atoms with Crippen molar-refractivity contribution in [1.29, 1.82) is 0 Å². The Morgan fingerprint density at radius 3 is 2.30 bits per heavy atom. The molecule has 3 aromatic rings. The van der Waals surface area contributed by atoms with Crippen LogP contribution in [0.15, 0.2) is 54.6 Å². The molecule has 1 aromatic heterocycles. The second kappa shape index (κ2) is 14.4. The van der Waals surface area contributed by atoms with Gasteiger partial charge in [0, 0.05) is 31.6 Å². The number of aromatic nitrogens is 2. The predicted molar refractivity (Wildman–Crippen MR) is 160 cm³/mol. The Morgan fingerprint density at radius 1 is 1.02 bits per heavy atom. The van der Waals surface area contributed by atoms with E-state index in [1.807, 2.05) is 11.5 Å². The molecule has 1 fully saturated rings. The SMILES string of the molecule is CCCC(=O)ONC(=O)c1nc(CC2CCN(c3ccc(C(C)(C)C)cc3)CC2)nc(C(F)F)c1OCc1ccccc1. The molecule has 8 nitrogen and oxygen atoms in total. The number of hydroxylamine groups is 1. The fourth-order valence-corrected chi connectivity index (χ4v) is 5.01. The first kappa shape index (κ1) is 31.8. The molecule has 230 valence electrons. The number of piperidine rings is 1. The molecule has 0 spiro atoms. The Balaban J connectivity index is 1.51. The van der Waals surface area contributed by atoms with Crippen molar-refractivity contribution in [2.75, 3.05) is 18.0 Å². The van der Waals surface area contributed by atoms with Crippen LogP contribution in [0.1, 0.15) is 92.9 Å². The lowest BCUT2D eigenvalue weighted by atomic mass is 9.87. The molecule has 0 atom stereocenters. The van der Waals surface area contributed by atoms with Crippen LogP contribution < -0.4 is 15.1 Å². The van der Waals surface area contributed by atoms with Gasteiger partial charge >= 0.3 is 11.9 Å². The number of hydrogen-bond acceptors (Lipinski definition) is 7. The number of nitrogens with one attached hydrogen (secondary N) is 1. The predicted octanol–water partition coefficient (Wildman–Crippen LogP) is 6.74. The van der Waals surface area contributed by atoms with E-state index in [0.29, 0.717) is 18.4 Å². The van der Waals surface area contributed by atoms with E-state index in [4.69, 9.17) is 9.57 Å². The van der Waals surface area contributed by atoms with Gasteiger partial charge in [0.2, 0.25) is 0 Å². The number of carbonyl (C=O) groups excluding carboxylic acids is 2. The molecule has 43 heavy (non-hydrogen) atoms. The molecule has 0 bridgehead atoms. The van der Waals surface area contributed by atoms with Crippen molar-refractivity contribution in [2.45, 2.75) is 78.2 Å². The molecule has 10 heteroatoms. The molecule has 4 rings (SSSR count).